The third kappa shape index (κ3) is 2.26. The van der Waals surface area contributed by atoms with Crippen LogP contribution in [0.2, 0.25) is 0 Å². The number of phenols is 4. The van der Waals surface area contributed by atoms with Gasteiger partial charge in [0.05, 0.1) is 5.41 Å². The van der Waals surface area contributed by atoms with Crippen LogP contribution in [0.5, 0.6) is 23.0 Å². The lowest BCUT2D eigenvalue weighted by Crippen LogP contribution is -2.28. The van der Waals surface area contributed by atoms with Crippen LogP contribution >= 0.6 is 0 Å². The summed E-state index contributed by atoms with van der Waals surface area (Å²) in [5.41, 5.74) is 3.37. The molecule has 0 radical (unpaired) electrons. The van der Waals surface area contributed by atoms with Gasteiger partial charge in [-0.2, -0.15) is 0 Å². The molecule has 4 heteroatoms. The Labute approximate surface area is 167 Å². The monoisotopic (exact) mass is 382 g/mol. The van der Waals surface area contributed by atoms with Gasteiger partial charge in [-0.1, -0.05) is 48.5 Å². The Morgan fingerprint density at radius 1 is 0.448 bits per heavy atom. The van der Waals surface area contributed by atoms with Crippen molar-refractivity contribution >= 4 is 0 Å². The quantitative estimate of drug-likeness (QED) is 0.328. The molecular formula is C25H18O4. The van der Waals surface area contributed by atoms with Crippen molar-refractivity contribution in [1.82, 2.24) is 0 Å². The molecule has 29 heavy (non-hydrogen) atoms. The first-order valence-electron chi connectivity index (χ1n) is 9.28. The fourth-order valence-corrected chi connectivity index (χ4v) is 4.61. The first-order valence-corrected chi connectivity index (χ1v) is 9.28. The second-order valence-electron chi connectivity index (χ2n) is 7.24. The Balaban J connectivity index is 2.04. The van der Waals surface area contributed by atoms with E-state index in [1.807, 2.05) is 48.5 Å². The Kier molecular flexibility index (Phi) is 3.58. The molecule has 0 unspecified atom stereocenters. The highest BCUT2D eigenvalue weighted by Crippen LogP contribution is 2.59. The second kappa shape index (κ2) is 6.04. The Hall–Kier alpha value is -3.92. The van der Waals surface area contributed by atoms with E-state index >= 15 is 0 Å². The molecule has 4 N–H and O–H groups in total. The predicted octanol–water partition coefficient (Wildman–Crippen LogP) is 4.87. The number of aromatic hydroxyl groups is 4. The van der Waals surface area contributed by atoms with Crippen molar-refractivity contribution < 1.29 is 20.4 Å². The molecule has 5 rings (SSSR count). The van der Waals surface area contributed by atoms with Crippen LogP contribution in [-0.2, 0) is 5.41 Å². The standard InChI is InChI=1S/C25H18O4/c26-15-9-11-23(28)21(13-15)25(22-14-16(27)10-12-24(22)29)19-7-3-1-5-17(19)18-6-2-4-8-20(18)25/h1-14,26-29H. The zero-order valence-corrected chi connectivity index (χ0v) is 15.4. The van der Waals surface area contributed by atoms with Gasteiger partial charge in [-0.15, -0.1) is 0 Å². The van der Waals surface area contributed by atoms with E-state index in [1.54, 1.807) is 0 Å². The van der Waals surface area contributed by atoms with Crippen LogP contribution in [0.4, 0.5) is 0 Å². The molecule has 4 nitrogen and oxygen atoms in total. The first-order chi connectivity index (χ1) is 14.0. The molecular weight excluding hydrogens is 364 g/mol. The van der Waals surface area contributed by atoms with Crippen LogP contribution in [0.3, 0.4) is 0 Å². The summed E-state index contributed by atoms with van der Waals surface area (Å²) in [5, 5.41) is 42.3. The molecule has 142 valence electrons. The molecule has 0 bridgehead atoms. The third-order valence-corrected chi connectivity index (χ3v) is 5.72. The van der Waals surface area contributed by atoms with Gasteiger partial charge >= 0.3 is 0 Å². The van der Waals surface area contributed by atoms with Gasteiger partial charge in [0.1, 0.15) is 23.0 Å². The van der Waals surface area contributed by atoms with E-state index in [4.69, 9.17) is 0 Å². The molecule has 0 saturated carbocycles. The normalized spacial score (nSPS) is 13.7. The van der Waals surface area contributed by atoms with E-state index in [1.165, 1.54) is 36.4 Å². The lowest BCUT2D eigenvalue weighted by atomic mass is 9.67. The van der Waals surface area contributed by atoms with E-state index in [2.05, 4.69) is 0 Å². The van der Waals surface area contributed by atoms with Crippen LogP contribution in [-0.4, -0.2) is 20.4 Å². The second-order valence-corrected chi connectivity index (χ2v) is 7.24. The van der Waals surface area contributed by atoms with Crippen LogP contribution < -0.4 is 0 Å². The SMILES string of the molecule is Oc1ccc(O)c(C2(c3cc(O)ccc3O)c3ccccc3-c3ccccc32)c1. The van der Waals surface area contributed by atoms with Crippen LogP contribution in [0.15, 0.2) is 84.9 Å². The first kappa shape index (κ1) is 17.2. The van der Waals surface area contributed by atoms with Crippen LogP contribution in [0.1, 0.15) is 22.3 Å². The Bertz CT molecular complexity index is 1160. The molecule has 0 atom stereocenters. The lowest BCUT2D eigenvalue weighted by Gasteiger charge is -2.34. The smallest absolute Gasteiger partial charge is 0.120 e. The molecule has 0 saturated heterocycles. The summed E-state index contributed by atoms with van der Waals surface area (Å²) in [6, 6.07) is 24.3. The fraction of sp³-hybridized carbons (Fsp3) is 0.0400. The molecule has 1 aliphatic carbocycles. The average molecular weight is 382 g/mol. The highest BCUT2D eigenvalue weighted by molar-refractivity contribution is 5.87. The van der Waals surface area contributed by atoms with Crippen molar-refractivity contribution in [3.63, 3.8) is 0 Å². The topological polar surface area (TPSA) is 80.9 Å². The van der Waals surface area contributed by atoms with Gasteiger partial charge in [0.25, 0.3) is 0 Å². The highest BCUT2D eigenvalue weighted by Gasteiger charge is 2.49. The van der Waals surface area contributed by atoms with Crippen molar-refractivity contribution in [2.75, 3.05) is 0 Å². The molecule has 1 aliphatic rings. The van der Waals surface area contributed by atoms with Crippen molar-refractivity contribution in [2.24, 2.45) is 0 Å². The molecule has 4 aromatic rings. The summed E-state index contributed by atoms with van der Waals surface area (Å²) in [6.07, 6.45) is 0. The van der Waals surface area contributed by atoms with Gasteiger partial charge in [0.2, 0.25) is 0 Å². The number of hydrogen-bond donors (Lipinski definition) is 4. The van der Waals surface area contributed by atoms with Crippen LogP contribution in [0, 0.1) is 0 Å². The number of rotatable bonds is 2. The van der Waals surface area contributed by atoms with E-state index in [0.717, 1.165) is 22.3 Å². The maximum absolute atomic E-state index is 10.9. The number of hydrogen-bond acceptors (Lipinski definition) is 4. The summed E-state index contributed by atoms with van der Waals surface area (Å²) in [7, 11) is 0. The summed E-state index contributed by atoms with van der Waals surface area (Å²) >= 11 is 0. The molecule has 0 amide bonds. The Morgan fingerprint density at radius 2 is 0.862 bits per heavy atom. The van der Waals surface area contributed by atoms with Gasteiger partial charge in [-0.25, -0.2) is 0 Å². The minimum absolute atomic E-state index is 0.00122. The van der Waals surface area contributed by atoms with Gasteiger partial charge < -0.3 is 20.4 Å². The summed E-state index contributed by atoms with van der Waals surface area (Å²) in [6.45, 7) is 0. The molecule has 0 aromatic heterocycles. The zero-order valence-electron chi connectivity index (χ0n) is 15.4. The van der Waals surface area contributed by atoms with Gasteiger partial charge in [0.15, 0.2) is 0 Å². The molecule has 0 heterocycles. The van der Waals surface area contributed by atoms with Crippen molar-refractivity contribution in [1.29, 1.82) is 0 Å². The molecule has 4 aromatic carbocycles. The zero-order chi connectivity index (χ0) is 20.2. The van der Waals surface area contributed by atoms with E-state index in [9.17, 15) is 20.4 Å². The molecule has 0 spiro atoms. The average Bonchev–Trinajstić information content (AvgIpc) is 3.03. The van der Waals surface area contributed by atoms with Crippen LogP contribution in [0.25, 0.3) is 11.1 Å². The van der Waals surface area contributed by atoms with Gasteiger partial charge in [-0.05, 0) is 58.7 Å². The summed E-state index contributed by atoms with van der Waals surface area (Å²) in [4.78, 5) is 0. The predicted molar refractivity (Wildman–Crippen MR) is 110 cm³/mol. The van der Waals surface area contributed by atoms with Gasteiger partial charge in [0, 0.05) is 11.1 Å². The van der Waals surface area contributed by atoms with E-state index < -0.39 is 5.41 Å². The fourth-order valence-electron chi connectivity index (χ4n) is 4.61. The maximum Gasteiger partial charge on any atom is 0.120 e. The lowest BCUT2D eigenvalue weighted by molar-refractivity contribution is 0.435. The minimum Gasteiger partial charge on any atom is -0.508 e. The van der Waals surface area contributed by atoms with Crippen molar-refractivity contribution in [3.8, 4) is 34.1 Å². The van der Waals surface area contributed by atoms with Gasteiger partial charge in [-0.3, -0.25) is 0 Å². The summed E-state index contributed by atoms with van der Waals surface area (Å²) < 4.78 is 0. The van der Waals surface area contributed by atoms with Crippen molar-refractivity contribution in [3.05, 3.63) is 107 Å². The largest absolute Gasteiger partial charge is 0.508 e. The molecule has 0 aliphatic heterocycles. The van der Waals surface area contributed by atoms with E-state index in [0.29, 0.717) is 11.1 Å². The Morgan fingerprint density at radius 3 is 1.31 bits per heavy atom. The maximum atomic E-state index is 10.9. The number of benzene rings is 4. The molecule has 0 fully saturated rings. The summed E-state index contributed by atoms with van der Waals surface area (Å²) in [5.74, 6) is -0.0357. The van der Waals surface area contributed by atoms with E-state index in [-0.39, 0.29) is 23.0 Å². The third-order valence-electron chi connectivity index (χ3n) is 5.72. The minimum atomic E-state index is -1.11. The highest BCUT2D eigenvalue weighted by atomic mass is 16.3. The van der Waals surface area contributed by atoms with Crippen molar-refractivity contribution in [2.45, 2.75) is 5.41 Å². The number of phenolic OH excluding ortho intramolecular Hbond substituents is 4. The number of fused-ring (bicyclic) bond motifs is 3.